The summed E-state index contributed by atoms with van der Waals surface area (Å²) in [4.78, 5) is 2.47. The first kappa shape index (κ1) is 17.2. The van der Waals surface area contributed by atoms with E-state index in [1.807, 2.05) is 12.1 Å². The quantitative estimate of drug-likeness (QED) is 0.816. The van der Waals surface area contributed by atoms with Crippen molar-refractivity contribution in [3.05, 3.63) is 29.8 Å². The van der Waals surface area contributed by atoms with E-state index in [2.05, 4.69) is 48.4 Å². The minimum atomic E-state index is 0.199. The van der Waals surface area contributed by atoms with Crippen LogP contribution in [0, 0.1) is 12.8 Å². The van der Waals surface area contributed by atoms with E-state index in [9.17, 15) is 0 Å². The van der Waals surface area contributed by atoms with E-state index in [0.29, 0.717) is 11.0 Å². The van der Waals surface area contributed by atoms with Gasteiger partial charge in [-0.1, -0.05) is 31.5 Å². The van der Waals surface area contributed by atoms with Crippen LogP contribution in [0.15, 0.2) is 24.3 Å². The van der Waals surface area contributed by atoms with Gasteiger partial charge in [0.25, 0.3) is 0 Å². The Kier molecular flexibility index (Phi) is 6.61. The van der Waals surface area contributed by atoms with Crippen molar-refractivity contribution in [2.45, 2.75) is 26.9 Å². The number of aryl methyl sites for hydroxylation is 1. The van der Waals surface area contributed by atoms with Crippen LogP contribution in [0.3, 0.4) is 0 Å². The summed E-state index contributed by atoms with van der Waals surface area (Å²) in [6.45, 7) is 11.3. The van der Waals surface area contributed by atoms with Gasteiger partial charge < -0.3 is 15.4 Å². The van der Waals surface area contributed by atoms with Crippen molar-refractivity contribution < 1.29 is 4.74 Å². The maximum atomic E-state index is 5.81. The summed E-state index contributed by atoms with van der Waals surface area (Å²) in [6, 6.07) is 8.20. The van der Waals surface area contributed by atoms with E-state index in [-0.39, 0.29) is 6.10 Å². The Morgan fingerprint density at radius 1 is 1.36 bits per heavy atom. The number of morpholine rings is 1. The molecule has 1 atom stereocenters. The van der Waals surface area contributed by atoms with E-state index in [4.69, 9.17) is 17.0 Å². The highest BCUT2D eigenvalue weighted by Crippen LogP contribution is 2.09. The Morgan fingerprint density at radius 2 is 2.09 bits per heavy atom. The third kappa shape index (κ3) is 5.91. The van der Waals surface area contributed by atoms with Crippen molar-refractivity contribution in [1.29, 1.82) is 0 Å². The Bertz CT molecular complexity index is 475. The zero-order valence-corrected chi connectivity index (χ0v) is 14.6. The second kappa shape index (κ2) is 8.46. The molecular formula is C17H27N3OS. The van der Waals surface area contributed by atoms with Crippen LogP contribution in [0.4, 0.5) is 5.69 Å². The van der Waals surface area contributed by atoms with Gasteiger partial charge in [-0.25, -0.2) is 0 Å². The Morgan fingerprint density at radius 3 is 2.77 bits per heavy atom. The molecule has 122 valence electrons. The van der Waals surface area contributed by atoms with Crippen LogP contribution in [-0.4, -0.2) is 48.9 Å². The largest absolute Gasteiger partial charge is 0.374 e. The summed E-state index contributed by atoms with van der Waals surface area (Å²) in [5.41, 5.74) is 2.25. The molecule has 2 N–H and O–H groups in total. The number of hydrogen-bond donors (Lipinski definition) is 2. The van der Waals surface area contributed by atoms with Gasteiger partial charge >= 0.3 is 0 Å². The van der Waals surface area contributed by atoms with Crippen LogP contribution >= 0.6 is 12.2 Å². The molecule has 2 rings (SSSR count). The maximum absolute atomic E-state index is 5.81. The lowest BCUT2D eigenvalue weighted by Gasteiger charge is -2.34. The van der Waals surface area contributed by atoms with E-state index in [0.717, 1.165) is 38.5 Å². The Labute approximate surface area is 139 Å². The average Bonchev–Trinajstić information content (AvgIpc) is 2.47. The van der Waals surface area contributed by atoms with Crippen LogP contribution < -0.4 is 10.6 Å². The first-order chi connectivity index (χ1) is 10.5. The molecule has 1 aromatic carbocycles. The highest BCUT2D eigenvalue weighted by atomic mass is 32.1. The summed E-state index contributed by atoms with van der Waals surface area (Å²) in [5, 5.41) is 7.11. The summed E-state index contributed by atoms with van der Waals surface area (Å²) in [7, 11) is 0. The van der Waals surface area contributed by atoms with Gasteiger partial charge in [0.1, 0.15) is 0 Å². The Balaban J connectivity index is 1.72. The number of benzene rings is 1. The summed E-state index contributed by atoms with van der Waals surface area (Å²) >= 11 is 5.35. The maximum Gasteiger partial charge on any atom is 0.170 e. The lowest BCUT2D eigenvalue weighted by atomic mass is 10.2. The predicted octanol–water partition coefficient (Wildman–Crippen LogP) is 2.64. The van der Waals surface area contributed by atoms with Gasteiger partial charge in [0.05, 0.1) is 12.7 Å². The molecule has 1 aromatic rings. The average molecular weight is 321 g/mol. The van der Waals surface area contributed by atoms with Crippen LogP contribution in [0.25, 0.3) is 0 Å². The van der Waals surface area contributed by atoms with Crippen molar-refractivity contribution >= 4 is 23.0 Å². The number of hydrogen-bond acceptors (Lipinski definition) is 3. The lowest BCUT2D eigenvalue weighted by Crippen LogP contribution is -2.48. The molecule has 0 amide bonds. The smallest absolute Gasteiger partial charge is 0.170 e. The minimum absolute atomic E-state index is 0.199. The van der Waals surface area contributed by atoms with Crippen LogP contribution in [0.2, 0.25) is 0 Å². The van der Waals surface area contributed by atoms with E-state index in [1.165, 1.54) is 5.56 Å². The molecule has 0 saturated carbocycles. The fraction of sp³-hybridized carbons (Fsp3) is 0.588. The fourth-order valence-electron chi connectivity index (χ4n) is 2.60. The molecule has 0 spiro atoms. The molecule has 0 aromatic heterocycles. The molecule has 0 aliphatic carbocycles. The first-order valence-corrected chi connectivity index (χ1v) is 8.39. The molecule has 22 heavy (non-hydrogen) atoms. The van der Waals surface area contributed by atoms with Gasteiger partial charge in [-0.2, -0.15) is 0 Å². The molecule has 4 nitrogen and oxygen atoms in total. The fourth-order valence-corrected chi connectivity index (χ4v) is 2.81. The van der Waals surface area contributed by atoms with Crippen LogP contribution in [0.5, 0.6) is 0 Å². The molecule has 1 saturated heterocycles. The summed E-state index contributed by atoms with van der Waals surface area (Å²) < 4.78 is 5.81. The standard InChI is InChI=1S/C17H27N3OS/c1-13(2)11-20-8-9-21-16(12-20)10-18-17(22)19-15-6-4-14(3)5-7-15/h4-7,13,16H,8-12H2,1-3H3,(H2,18,19,22)/t16-/m0/s1. The van der Waals surface area contributed by atoms with Crippen LogP contribution in [-0.2, 0) is 4.74 Å². The molecular weight excluding hydrogens is 294 g/mol. The van der Waals surface area contributed by atoms with Gasteiger partial charge in [0, 0.05) is 31.9 Å². The van der Waals surface area contributed by atoms with Crippen molar-refractivity contribution in [2.75, 3.05) is 38.1 Å². The van der Waals surface area contributed by atoms with Gasteiger partial charge in [-0.15, -0.1) is 0 Å². The van der Waals surface area contributed by atoms with Crippen molar-refractivity contribution in [2.24, 2.45) is 5.92 Å². The molecule has 1 aliphatic rings. The molecule has 5 heteroatoms. The van der Waals surface area contributed by atoms with E-state index in [1.54, 1.807) is 0 Å². The van der Waals surface area contributed by atoms with E-state index >= 15 is 0 Å². The third-order valence-electron chi connectivity index (χ3n) is 3.65. The minimum Gasteiger partial charge on any atom is -0.374 e. The molecule has 0 radical (unpaired) electrons. The van der Waals surface area contributed by atoms with Crippen molar-refractivity contribution in [3.63, 3.8) is 0 Å². The predicted molar refractivity (Wildman–Crippen MR) is 96.4 cm³/mol. The second-order valence-electron chi connectivity index (χ2n) is 6.35. The third-order valence-corrected chi connectivity index (χ3v) is 3.89. The number of anilines is 1. The highest BCUT2D eigenvalue weighted by Gasteiger charge is 2.20. The van der Waals surface area contributed by atoms with Gasteiger partial charge in [-0.05, 0) is 37.2 Å². The zero-order valence-electron chi connectivity index (χ0n) is 13.8. The second-order valence-corrected chi connectivity index (χ2v) is 6.76. The molecule has 1 aliphatic heterocycles. The van der Waals surface area contributed by atoms with Gasteiger partial charge in [0.15, 0.2) is 5.11 Å². The molecule has 1 heterocycles. The normalized spacial score (nSPS) is 19.2. The summed E-state index contributed by atoms with van der Waals surface area (Å²) in [5.74, 6) is 0.691. The molecule has 0 bridgehead atoms. The monoisotopic (exact) mass is 321 g/mol. The molecule has 1 fully saturated rings. The number of nitrogens with zero attached hydrogens (tertiary/aromatic N) is 1. The Hall–Kier alpha value is -1.17. The van der Waals surface area contributed by atoms with Crippen molar-refractivity contribution in [3.8, 4) is 0 Å². The van der Waals surface area contributed by atoms with Gasteiger partial charge in [0.2, 0.25) is 0 Å². The number of nitrogens with one attached hydrogen (secondary N) is 2. The highest BCUT2D eigenvalue weighted by molar-refractivity contribution is 7.80. The van der Waals surface area contributed by atoms with Gasteiger partial charge in [-0.3, -0.25) is 4.90 Å². The number of ether oxygens (including phenoxy) is 1. The molecule has 0 unspecified atom stereocenters. The lowest BCUT2D eigenvalue weighted by molar-refractivity contribution is -0.0283. The van der Waals surface area contributed by atoms with Crippen molar-refractivity contribution in [1.82, 2.24) is 10.2 Å². The first-order valence-electron chi connectivity index (χ1n) is 7.98. The zero-order chi connectivity index (χ0) is 15.9. The number of thiocarbonyl (C=S) groups is 1. The summed E-state index contributed by atoms with van der Waals surface area (Å²) in [6.07, 6.45) is 0.199. The van der Waals surface area contributed by atoms with E-state index < -0.39 is 0 Å². The SMILES string of the molecule is Cc1ccc(NC(=S)NC[C@H]2CN(CC(C)C)CCO2)cc1. The number of rotatable bonds is 5. The van der Waals surface area contributed by atoms with Crippen LogP contribution in [0.1, 0.15) is 19.4 Å². The topological polar surface area (TPSA) is 36.5 Å².